The second-order valence-corrected chi connectivity index (χ2v) is 6.08. The standard InChI is InChI=1S/C19H18N2O5/c1-23-15-6-8-16(9-7-15)25-10-17-20-18(26-21-17)13-2-4-14(5-3-13)19(22)11-24-12-19/h2-9,22H,10-12H2,1H3. The fourth-order valence-electron chi connectivity index (χ4n) is 2.63. The molecule has 0 atom stereocenters. The Labute approximate surface area is 150 Å². The topological polar surface area (TPSA) is 86.8 Å². The van der Waals surface area contributed by atoms with Crippen molar-refractivity contribution in [3.05, 3.63) is 59.9 Å². The third-order valence-electron chi connectivity index (χ3n) is 4.25. The molecule has 0 amide bonds. The van der Waals surface area contributed by atoms with Crippen LogP contribution in [0.3, 0.4) is 0 Å². The Hall–Kier alpha value is -2.90. The third-order valence-corrected chi connectivity index (χ3v) is 4.25. The molecule has 0 unspecified atom stereocenters. The van der Waals surface area contributed by atoms with Crippen molar-refractivity contribution >= 4 is 0 Å². The van der Waals surface area contributed by atoms with Crippen molar-refractivity contribution in [2.45, 2.75) is 12.2 Å². The zero-order chi connectivity index (χ0) is 18.0. The summed E-state index contributed by atoms with van der Waals surface area (Å²) < 4.78 is 21.1. The average Bonchev–Trinajstić information content (AvgIpc) is 3.14. The molecule has 7 nitrogen and oxygen atoms in total. The minimum Gasteiger partial charge on any atom is -0.497 e. The predicted molar refractivity (Wildman–Crippen MR) is 91.8 cm³/mol. The van der Waals surface area contributed by atoms with Gasteiger partial charge in [-0.1, -0.05) is 17.3 Å². The summed E-state index contributed by atoms with van der Waals surface area (Å²) in [6.45, 7) is 0.838. The summed E-state index contributed by atoms with van der Waals surface area (Å²) in [7, 11) is 1.61. The predicted octanol–water partition coefficient (Wildman–Crippen LogP) is 2.54. The Morgan fingerprint density at radius 3 is 2.35 bits per heavy atom. The van der Waals surface area contributed by atoms with E-state index in [4.69, 9.17) is 18.7 Å². The minimum atomic E-state index is -0.884. The van der Waals surface area contributed by atoms with Crippen LogP contribution in [0.1, 0.15) is 11.4 Å². The van der Waals surface area contributed by atoms with Crippen LogP contribution in [0, 0.1) is 0 Å². The van der Waals surface area contributed by atoms with E-state index in [0.29, 0.717) is 30.7 Å². The second-order valence-electron chi connectivity index (χ2n) is 6.08. The van der Waals surface area contributed by atoms with Gasteiger partial charge in [-0.25, -0.2) is 0 Å². The Morgan fingerprint density at radius 1 is 1.04 bits per heavy atom. The lowest BCUT2D eigenvalue weighted by Gasteiger charge is -2.36. The summed E-state index contributed by atoms with van der Waals surface area (Å²) in [5.41, 5.74) is 0.709. The van der Waals surface area contributed by atoms with Crippen LogP contribution < -0.4 is 9.47 Å². The van der Waals surface area contributed by atoms with Gasteiger partial charge >= 0.3 is 0 Å². The van der Waals surface area contributed by atoms with Gasteiger partial charge in [0.1, 0.15) is 17.1 Å². The van der Waals surface area contributed by atoms with Crippen molar-refractivity contribution in [2.75, 3.05) is 20.3 Å². The fraction of sp³-hybridized carbons (Fsp3) is 0.263. The first kappa shape index (κ1) is 16.6. The van der Waals surface area contributed by atoms with Crippen molar-refractivity contribution in [2.24, 2.45) is 0 Å². The maximum Gasteiger partial charge on any atom is 0.258 e. The first-order valence-corrected chi connectivity index (χ1v) is 8.17. The number of aromatic nitrogens is 2. The van der Waals surface area contributed by atoms with Crippen molar-refractivity contribution < 1.29 is 23.8 Å². The number of aliphatic hydroxyl groups is 1. The quantitative estimate of drug-likeness (QED) is 0.728. The molecule has 4 rings (SSSR count). The van der Waals surface area contributed by atoms with E-state index < -0.39 is 5.60 Å². The molecule has 2 aromatic carbocycles. The number of methoxy groups -OCH3 is 1. The highest BCUT2D eigenvalue weighted by molar-refractivity contribution is 5.53. The Morgan fingerprint density at radius 2 is 1.73 bits per heavy atom. The lowest BCUT2D eigenvalue weighted by atomic mass is 9.91. The monoisotopic (exact) mass is 354 g/mol. The van der Waals surface area contributed by atoms with Gasteiger partial charge in [-0.2, -0.15) is 4.98 Å². The van der Waals surface area contributed by atoms with Gasteiger partial charge in [0.15, 0.2) is 6.61 Å². The molecule has 1 aromatic heterocycles. The number of nitrogens with zero attached hydrogens (tertiary/aromatic N) is 2. The fourth-order valence-corrected chi connectivity index (χ4v) is 2.63. The van der Waals surface area contributed by atoms with Crippen molar-refractivity contribution in [1.82, 2.24) is 10.1 Å². The molecular weight excluding hydrogens is 336 g/mol. The van der Waals surface area contributed by atoms with E-state index >= 15 is 0 Å². The van der Waals surface area contributed by atoms with Crippen LogP contribution in [0.2, 0.25) is 0 Å². The van der Waals surface area contributed by atoms with Gasteiger partial charge in [-0.05, 0) is 42.0 Å². The van der Waals surface area contributed by atoms with Crippen LogP contribution in [0.5, 0.6) is 11.5 Å². The van der Waals surface area contributed by atoms with Crippen molar-refractivity contribution in [3.8, 4) is 23.0 Å². The third kappa shape index (κ3) is 3.26. The van der Waals surface area contributed by atoms with Crippen LogP contribution in [-0.4, -0.2) is 35.6 Å². The Kier molecular flexibility index (Phi) is 4.32. The number of hydrogen-bond donors (Lipinski definition) is 1. The zero-order valence-electron chi connectivity index (χ0n) is 14.2. The van der Waals surface area contributed by atoms with Gasteiger partial charge in [0.2, 0.25) is 5.82 Å². The largest absolute Gasteiger partial charge is 0.497 e. The molecule has 3 aromatic rings. The van der Waals surface area contributed by atoms with Crippen LogP contribution in [-0.2, 0) is 16.9 Å². The molecular formula is C19H18N2O5. The number of benzene rings is 2. The molecule has 1 N–H and O–H groups in total. The van der Waals surface area contributed by atoms with Gasteiger partial charge in [-0.15, -0.1) is 0 Å². The average molecular weight is 354 g/mol. The van der Waals surface area contributed by atoms with E-state index in [-0.39, 0.29) is 6.61 Å². The zero-order valence-corrected chi connectivity index (χ0v) is 14.2. The molecule has 1 fully saturated rings. The van der Waals surface area contributed by atoms with Gasteiger partial charge in [0.05, 0.1) is 20.3 Å². The maximum atomic E-state index is 10.3. The van der Waals surface area contributed by atoms with Crippen LogP contribution in [0.4, 0.5) is 0 Å². The minimum absolute atomic E-state index is 0.199. The van der Waals surface area contributed by atoms with E-state index in [9.17, 15) is 5.11 Å². The summed E-state index contributed by atoms with van der Waals surface area (Å²) in [5, 5.41) is 14.2. The van der Waals surface area contributed by atoms with E-state index in [1.807, 2.05) is 48.5 Å². The number of ether oxygens (including phenoxy) is 3. The van der Waals surface area contributed by atoms with E-state index in [2.05, 4.69) is 10.1 Å². The van der Waals surface area contributed by atoms with E-state index in [1.165, 1.54) is 0 Å². The molecule has 0 aliphatic carbocycles. The molecule has 0 bridgehead atoms. The summed E-state index contributed by atoms with van der Waals surface area (Å²) >= 11 is 0. The molecule has 0 saturated carbocycles. The van der Waals surface area contributed by atoms with Crippen LogP contribution in [0.15, 0.2) is 53.1 Å². The SMILES string of the molecule is COc1ccc(OCc2noc(-c3ccc(C4(O)COC4)cc3)n2)cc1. The summed E-state index contributed by atoms with van der Waals surface area (Å²) in [6.07, 6.45) is 0. The highest BCUT2D eigenvalue weighted by Gasteiger charge is 2.37. The molecule has 1 aliphatic heterocycles. The molecule has 0 spiro atoms. The van der Waals surface area contributed by atoms with Crippen LogP contribution >= 0.6 is 0 Å². The first-order chi connectivity index (χ1) is 12.7. The van der Waals surface area contributed by atoms with Gasteiger partial charge in [0.25, 0.3) is 5.89 Å². The highest BCUT2D eigenvalue weighted by Crippen LogP contribution is 2.30. The number of rotatable bonds is 6. The normalized spacial score (nSPS) is 15.3. The Bertz CT molecular complexity index is 870. The van der Waals surface area contributed by atoms with Crippen molar-refractivity contribution in [1.29, 1.82) is 0 Å². The van der Waals surface area contributed by atoms with Crippen LogP contribution in [0.25, 0.3) is 11.5 Å². The maximum absolute atomic E-state index is 10.3. The molecule has 1 saturated heterocycles. The summed E-state index contributed by atoms with van der Waals surface area (Å²) in [5.74, 6) is 2.31. The summed E-state index contributed by atoms with van der Waals surface area (Å²) in [6, 6.07) is 14.6. The lowest BCUT2D eigenvalue weighted by molar-refractivity contribution is -0.184. The molecule has 2 heterocycles. The van der Waals surface area contributed by atoms with Gasteiger partial charge in [-0.3, -0.25) is 0 Å². The number of hydrogen-bond acceptors (Lipinski definition) is 7. The molecule has 134 valence electrons. The van der Waals surface area contributed by atoms with Gasteiger partial charge in [0, 0.05) is 5.56 Å². The molecule has 0 radical (unpaired) electrons. The molecule has 1 aliphatic rings. The van der Waals surface area contributed by atoms with E-state index in [0.717, 1.165) is 16.9 Å². The highest BCUT2D eigenvalue weighted by atomic mass is 16.5. The second kappa shape index (κ2) is 6.78. The van der Waals surface area contributed by atoms with Crippen molar-refractivity contribution in [3.63, 3.8) is 0 Å². The Balaban J connectivity index is 1.40. The van der Waals surface area contributed by atoms with E-state index in [1.54, 1.807) is 7.11 Å². The first-order valence-electron chi connectivity index (χ1n) is 8.17. The smallest absolute Gasteiger partial charge is 0.258 e. The lowest BCUT2D eigenvalue weighted by Crippen LogP contribution is -2.46. The summed E-state index contributed by atoms with van der Waals surface area (Å²) in [4.78, 5) is 4.34. The molecule has 26 heavy (non-hydrogen) atoms. The van der Waals surface area contributed by atoms with Gasteiger partial charge < -0.3 is 23.8 Å². The molecule has 7 heteroatoms.